The average Bonchev–Trinajstić information content (AvgIpc) is 3.26. The number of carbonyl (C=O) groups is 3. The van der Waals surface area contributed by atoms with Gasteiger partial charge in [0.2, 0.25) is 0 Å². The predicted octanol–water partition coefficient (Wildman–Crippen LogP) is 17.1. The number of esters is 3. The topological polar surface area (TPSA) is 78.9 Å². The van der Waals surface area contributed by atoms with Gasteiger partial charge >= 0.3 is 17.9 Å². The molecule has 0 aliphatic rings. The summed E-state index contributed by atoms with van der Waals surface area (Å²) in [6.45, 7) is 6.52. The van der Waals surface area contributed by atoms with Crippen LogP contribution in [0.25, 0.3) is 0 Å². The summed E-state index contributed by atoms with van der Waals surface area (Å²) in [7, 11) is 0. The van der Waals surface area contributed by atoms with Crippen LogP contribution in [0.4, 0.5) is 0 Å². The zero-order chi connectivity index (χ0) is 44.4. The van der Waals surface area contributed by atoms with Gasteiger partial charge in [-0.2, -0.15) is 0 Å². The van der Waals surface area contributed by atoms with Gasteiger partial charge in [0.1, 0.15) is 13.2 Å². The molecule has 0 saturated heterocycles. The second-order valence-corrected chi connectivity index (χ2v) is 17.4. The summed E-state index contributed by atoms with van der Waals surface area (Å²) in [5.74, 6) is -0.879. The largest absolute Gasteiger partial charge is 0.462 e. The summed E-state index contributed by atoms with van der Waals surface area (Å²) in [6, 6.07) is 0. The maximum absolute atomic E-state index is 12.8. The summed E-state index contributed by atoms with van der Waals surface area (Å²) in [5, 5.41) is 0. The molecule has 1 unspecified atom stereocenters. The van der Waals surface area contributed by atoms with E-state index in [2.05, 4.69) is 69.4 Å². The van der Waals surface area contributed by atoms with E-state index in [4.69, 9.17) is 14.2 Å². The van der Waals surface area contributed by atoms with Crippen LogP contribution in [-0.4, -0.2) is 37.2 Å². The maximum atomic E-state index is 12.8. The molecular weight excluding hydrogens is 757 g/mol. The Balaban J connectivity index is 4.34. The molecule has 0 aliphatic carbocycles. The summed E-state index contributed by atoms with van der Waals surface area (Å²) >= 11 is 0. The molecule has 0 aromatic rings. The lowest BCUT2D eigenvalue weighted by molar-refractivity contribution is -0.167. The lowest BCUT2D eigenvalue weighted by atomic mass is 10.0. The van der Waals surface area contributed by atoms with Crippen LogP contribution in [0.3, 0.4) is 0 Å². The lowest BCUT2D eigenvalue weighted by Gasteiger charge is -2.18. The van der Waals surface area contributed by atoms with Crippen LogP contribution in [0.2, 0.25) is 0 Å². The first-order valence-electron chi connectivity index (χ1n) is 26.1. The summed E-state index contributed by atoms with van der Waals surface area (Å²) in [4.78, 5) is 37.9. The van der Waals surface area contributed by atoms with Crippen LogP contribution in [0.1, 0.15) is 265 Å². The number of unbranched alkanes of at least 4 members (excludes halogenated alkanes) is 28. The molecule has 0 saturated carbocycles. The first-order chi connectivity index (χ1) is 30.0. The van der Waals surface area contributed by atoms with Crippen LogP contribution in [0, 0.1) is 0 Å². The SMILES string of the molecule is CC/C=C\C/C=C\C/C=C\C/C=C\CCCCCCCCC(=O)OCC(COC(=O)CCCCCCCCCCCCCC)OC(=O)CCCCCCCCCCCCCC. The second-order valence-electron chi connectivity index (χ2n) is 17.4. The molecule has 0 aliphatic heterocycles. The molecule has 1 atom stereocenters. The molecule has 0 N–H and O–H groups in total. The molecule has 0 radical (unpaired) electrons. The highest BCUT2D eigenvalue weighted by Gasteiger charge is 2.19. The van der Waals surface area contributed by atoms with Crippen molar-refractivity contribution in [3.8, 4) is 0 Å². The fraction of sp³-hybridized carbons (Fsp3) is 0.800. The number of ether oxygens (including phenoxy) is 3. The first-order valence-corrected chi connectivity index (χ1v) is 26.1. The minimum atomic E-state index is -0.773. The second kappa shape index (κ2) is 50.0. The third kappa shape index (κ3) is 48.3. The van der Waals surface area contributed by atoms with E-state index in [1.165, 1.54) is 135 Å². The van der Waals surface area contributed by atoms with Gasteiger partial charge in [-0.3, -0.25) is 14.4 Å². The number of allylic oxidation sites excluding steroid dienone is 8. The smallest absolute Gasteiger partial charge is 0.306 e. The molecule has 0 amide bonds. The molecule has 6 nitrogen and oxygen atoms in total. The van der Waals surface area contributed by atoms with Gasteiger partial charge in [0.25, 0.3) is 0 Å². The van der Waals surface area contributed by atoms with Gasteiger partial charge in [-0.1, -0.05) is 236 Å². The Kier molecular flexibility index (Phi) is 47.9. The molecule has 354 valence electrons. The van der Waals surface area contributed by atoms with E-state index in [0.717, 1.165) is 89.9 Å². The zero-order valence-electron chi connectivity index (χ0n) is 40.4. The van der Waals surface area contributed by atoms with Crippen molar-refractivity contribution in [3.05, 3.63) is 48.6 Å². The summed E-state index contributed by atoms with van der Waals surface area (Å²) < 4.78 is 16.8. The lowest BCUT2D eigenvalue weighted by Crippen LogP contribution is -2.30. The van der Waals surface area contributed by atoms with E-state index in [1.807, 2.05) is 0 Å². The van der Waals surface area contributed by atoms with Gasteiger partial charge in [0.15, 0.2) is 6.10 Å². The van der Waals surface area contributed by atoms with E-state index < -0.39 is 6.10 Å². The summed E-state index contributed by atoms with van der Waals surface area (Å²) in [6.07, 6.45) is 59.5. The quantitative estimate of drug-likeness (QED) is 0.0263. The first kappa shape index (κ1) is 58.4. The van der Waals surface area contributed by atoms with Crippen molar-refractivity contribution in [2.24, 2.45) is 0 Å². The van der Waals surface area contributed by atoms with Crippen LogP contribution < -0.4 is 0 Å². The normalized spacial score (nSPS) is 12.4. The number of hydrogen-bond donors (Lipinski definition) is 0. The molecule has 0 rings (SSSR count). The van der Waals surface area contributed by atoms with E-state index in [9.17, 15) is 14.4 Å². The third-order valence-electron chi connectivity index (χ3n) is 11.3. The van der Waals surface area contributed by atoms with E-state index in [0.29, 0.717) is 19.3 Å². The van der Waals surface area contributed by atoms with Gasteiger partial charge in [-0.15, -0.1) is 0 Å². The highest BCUT2D eigenvalue weighted by atomic mass is 16.6. The van der Waals surface area contributed by atoms with Gasteiger partial charge in [-0.05, 0) is 57.8 Å². The van der Waals surface area contributed by atoms with E-state index in [1.54, 1.807) is 0 Å². The van der Waals surface area contributed by atoms with Crippen LogP contribution >= 0.6 is 0 Å². The molecule has 0 fully saturated rings. The minimum Gasteiger partial charge on any atom is -0.462 e. The van der Waals surface area contributed by atoms with E-state index in [-0.39, 0.29) is 31.1 Å². The molecule has 6 heteroatoms. The number of hydrogen-bond acceptors (Lipinski definition) is 6. The highest BCUT2D eigenvalue weighted by Crippen LogP contribution is 2.16. The Morgan fingerprint density at radius 3 is 1.00 bits per heavy atom. The van der Waals surface area contributed by atoms with Gasteiger partial charge in [0.05, 0.1) is 0 Å². The van der Waals surface area contributed by atoms with Crippen molar-refractivity contribution in [1.82, 2.24) is 0 Å². The molecule has 0 heterocycles. The monoisotopic (exact) mass is 855 g/mol. The molecule has 0 aromatic carbocycles. The number of carbonyl (C=O) groups excluding carboxylic acids is 3. The number of rotatable bonds is 47. The van der Waals surface area contributed by atoms with Gasteiger partial charge in [-0.25, -0.2) is 0 Å². The molecule has 0 bridgehead atoms. The molecule has 0 spiro atoms. The van der Waals surface area contributed by atoms with E-state index >= 15 is 0 Å². The zero-order valence-corrected chi connectivity index (χ0v) is 40.4. The van der Waals surface area contributed by atoms with Crippen molar-refractivity contribution < 1.29 is 28.6 Å². The van der Waals surface area contributed by atoms with Crippen molar-refractivity contribution in [3.63, 3.8) is 0 Å². The Morgan fingerprint density at radius 2 is 0.639 bits per heavy atom. The molecule has 0 aromatic heterocycles. The Labute approximate surface area is 378 Å². The third-order valence-corrected chi connectivity index (χ3v) is 11.3. The van der Waals surface area contributed by atoms with Gasteiger partial charge in [0, 0.05) is 19.3 Å². The van der Waals surface area contributed by atoms with Crippen molar-refractivity contribution >= 4 is 17.9 Å². The summed E-state index contributed by atoms with van der Waals surface area (Å²) in [5.41, 5.74) is 0. The van der Waals surface area contributed by atoms with Crippen molar-refractivity contribution in [2.45, 2.75) is 271 Å². The standard InChI is InChI=1S/C55H98O6/c1-4-7-10-13-16-19-22-25-26-27-28-29-30-31-34-36-39-42-45-48-54(57)60-51-52(61-55(58)49-46-43-40-37-33-24-21-18-15-12-9-6-3)50-59-53(56)47-44-41-38-35-32-23-20-17-14-11-8-5-2/h7,10,16,19,25-26,28-29,52H,4-6,8-9,11-15,17-18,20-24,27,30-51H2,1-3H3/b10-7-,19-16-,26-25-,29-28-. The van der Waals surface area contributed by atoms with Crippen LogP contribution in [0.15, 0.2) is 48.6 Å². The molecular formula is C55H98O6. The Bertz CT molecular complexity index is 1070. The Morgan fingerprint density at radius 1 is 0.344 bits per heavy atom. The van der Waals surface area contributed by atoms with Crippen LogP contribution in [-0.2, 0) is 28.6 Å². The maximum Gasteiger partial charge on any atom is 0.306 e. The highest BCUT2D eigenvalue weighted by molar-refractivity contribution is 5.71. The fourth-order valence-electron chi connectivity index (χ4n) is 7.43. The predicted molar refractivity (Wildman–Crippen MR) is 261 cm³/mol. The van der Waals surface area contributed by atoms with Crippen molar-refractivity contribution in [1.29, 1.82) is 0 Å². The Hall–Kier alpha value is -2.63. The van der Waals surface area contributed by atoms with Gasteiger partial charge < -0.3 is 14.2 Å². The molecule has 61 heavy (non-hydrogen) atoms. The van der Waals surface area contributed by atoms with Crippen LogP contribution in [0.5, 0.6) is 0 Å². The van der Waals surface area contributed by atoms with Crippen molar-refractivity contribution in [2.75, 3.05) is 13.2 Å². The fourth-order valence-corrected chi connectivity index (χ4v) is 7.43. The average molecular weight is 855 g/mol. The minimum absolute atomic E-state index is 0.0739.